The summed E-state index contributed by atoms with van der Waals surface area (Å²) in [6, 6.07) is 15.7. The molecule has 1 heterocycles. The maximum Gasteiger partial charge on any atom is 0.416 e. The molecule has 0 fully saturated rings. The van der Waals surface area contributed by atoms with E-state index >= 15 is 0 Å². The quantitative estimate of drug-likeness (QED) is 0.245. The van der Waals surface area contributed by atoms with E-state index in [2.05, 4.69) is 26.1 Å². The zero-order valence-corrected chi connectivity index (χ0v) is 17.4. The van der Waals surface area contributed by atoms with Crippen molar-refractivity contribution in [1.82, 2.24) is 10.2 Å². The topological polar surface area (TPSA) is 65.2 Å². The Labute approximate surface area is 183 Å². The van der Waals surface area contributed by atoms with Crippen LogP contribution in [0.3, 0.4) is 0 Å². The third-order valence-corrected chi connectivity index (χ3v) is 4.95. The lowest BCUT2D eigenvalue weighted by atomic mass is 10.1. The van der Waals surface area contributed by atoms with Crippen LogP contribution >= 0.6 is 15.9 Å². The fraction of sp³-hybridized carbons (Fsp3) is 0.136. The predicted molar refractivity (Wildman–Crippen MR) is 110 cm³/mol. The smallest absolute Gasteiger partial charge is 0.416 e. The Morgan fingerprint density at radius 3 is 2.58 bits per heavy atom. The third-order valence-electron chi connectivity index (χ3n) is 4.45. The van der Waals surface area contributed by atoms with E-state index in [1.807, 2.05) is 24.3 Å². The Hall–Kier alpha value is -3.20. The molecule has 0 aliphatic heterocycles. The number of rotatable bonds is 5. The lowest BCUT2D eigenvalue weighted by Crippen LogP contribution is -2.09. The van der Waals surface area contributed by atoms with E-state index in [1.165, 1.54) is 12.1 Å². The molecule has 0 atom stereocenters. The van der Waals surface area contributed by atoms with Crippen molar-refractivity contribution >= 4 is 32.7 Å². The number of benzene rings is 3. The summed E-state index contributed by atoms with van der Waals surface area (Å²) in [7, 11) is 0. The zero-order chi connectivity index (χ0) is 22.0. The van der Waals surface area contributed by atoms with Gasteiger partial charge in [0.05, 0.1) is 12.0 Å². The van der Waals surface area contributed by atoms with Crippen LogP contribution in [0.25, 0.3) is 22.2 Å². The van der Waals surface area contributed by atoms with Crippen molar-refractivity contribution in [3.05, 3.63) is 76.6 Å². The van der Waals surface area contributed by atoms with Gasteiger partial charge in [-0.1, -0.05) is 34.1 Å². The minimum Gasteiger partial charge on any atom is -0.426 e. The number of aryl methyl sites for hydroxylation is 1. The highest BCUT2D eigenvalue weighted by molar-refractivity contribution is 9.10. The van der Waals surface area contributed by atoms with Crippen LogP contribution < -0.4 is 4.74 Å². The predicted octanol–water partition coefficient (Wildman–Crippen LogP) is 6.21. The zero-order valence-electron chi connectivity index (χ0n) is 15.8. The maximum atomic E-state index is 12.9. The van der Waals surface area contributed by atoms with Crippen molar-refractivity contribution in [2.24, 2.45) is 0 Å². The molecule has 0 aliphatic carbocycles. The lowest BCUT2D eigenvalue weighted by molar-refractivity contribution is -0.137. The lowest BCUT2D eigenvalue weighted by Gasteiger charge is -2.06. The average molecular weight is 491 g/mol. The van der Waals surface area contributed by atoms with E-state index in [-0.39, 0.29) is 30.2 Å². The van der Waals surface area contributed by atoms with Crippen LogP contribution in [0.2, 0.25) is 0 Å². The summed E-state index contributed by atoms with van der Waals surface area (Å²) >= 11 is 3.41. The fourth-order valence-electron chi connectivity index (χ4n) is 2.95. The standard InChI is InChI=1S/C22H14BrF3N2O3/c23-17-6-4-14-12-18(7-5-13(14)11-17)30-20(29)9-8-19-27-28-21(31-19)15-2-1-3-16(10-15)22(24,25)26/h1-7,10-12H,8-9H2. The second-order valence-electron chi connectivity index (χ2n) is 6.71. The first kappa shape index (κ1) is 21.0. The first-order valence-corrected chi connectivity index (χ1v) is 9.97. The third kappa shape index (κ3) is 5.11. The molecule has 0 saturated heterocycles. The number of esters is 1. The van der Waals surface area contributed by atoms with Gasteiger partial charge in [-0.15, -0.1) is 10.2 Å². The minimum atomic E-state index is -4.47. The Balaban J connectivity index is 1.38. The van der Waals surface area contributed by atoms with Crippen molar-refractivity contribution in [2.45, 2.75) is 19.0 Å². The number of alkyl halides is 3. The van der Waals surface area contributed by atoms with Crippen LogP contribution in [-0.4, -0.2) is 16.2 Å². The summed E-state index contributed by atoms with van der Waals surface area (Å²) in [6.45, 7) is 0. The van der Waals surface area contributed by atoms with Gasteiger partial charge in [0.25, 0.3) is 0 Å². The molecule has 5 nitrogen and oxygen atoms in total. The molecule has 9 heteroatoms. The molecule has 0 spiro atoms. The molecule has 0 radical (unpaired) electrons. The Morgan fingerprint density at radius 2 is 1.77 bits per heavy atom. The van der Waals surface area contributed by atoms with Gasteiger partial charge in [-0.25, -0.2) is 0 Å². The van der Waals surface area contributed by atoms with E-state index in [1.54, 1.807) is 12.1 Å². The Kier molecular flexibility index (Phi) is 5.77. The van der Waals surface area contributed by atoms with E-state index in [0.717, 1.165) is 27.4 Å². The molecular formula is C22H14BrF3N2O3. The molecule has 158 valence electrons. The normalized spacial score (nSPS) is 11.6. The van der Waals surface area contributed by atoms with E-state index in [4.69, 9.17) is 9.15 Å². The van der Waals surface area contributed by atoms with Crippen LogP contribution in [0.15, 0.2) is 69.6 Å². The molecule has 3 aromatic carbocycles. The number of carbonyl (C=O) groups excluding carboxylic acids is 1. The summed E-state index contributed by atoms with van der Waals surface area (Å²) in [5.74, 6) is 0.00756. The van der Waals surface area contributed by atoms with Crippen molar-refractivity contribution in [3.8, 4) is 17.2 Å². The van der Waals surface area contributed by atoms with E-state index in [0.29, 0.717) is 5.75 Å². The molecule has 0 aliphatic rings. The van der Waals surface area contributed by atoms with E-state index < -0.39 is 17.7 Å². The molecule has 0 unspecified atom stereocenters. The number of aromatic nitrogens is 2. The second kappa shape index (κ2) is 8.50. The number of ether oxygens (including phenoxy) is 1. The number of fused-ring (bicyclic) bond motifs is 1. The van der Waals surface area contributed by atoms with Crippen LogP contribution in [0.4, 0.5) is 13.2 Å². The van der Waals surface area contributed by atoms with Crippen LogP contribution in [0.1, 0.15) is 17.9 Å². The van der Waals surface area contributed by atoms with Crippen molar-refractivity contribution in [3.63, 3.8) is 0 Å². The van der Waals surface area contributed by atoms with Crippen molar-refractivity contribution in [2.75, 3.05) is 0 Å². The molecule has 0 bridgehead atoms. The minimum absolute atomic E-state index is 0.0252. The number of carbonyl (C=O) groups is 1. The summed E-state index contributed by atoms with van der Waals surface area (Å²) in [5.41, 5.74) is -0.657. The average Bonchev–Trinajstić information content (AvgIpc) is 3.21. The number of nitrogens with zero attached hydrogens (tertiary/aromatic N) is 2. The Morgan fingerprint density at radius 1 is 1.00 bits per heavy atom. The van der Waals surface area contributed by atoms with Gasteiger partial charge < -0.3 is 9.15 Å². The van der Waals surface area contributed by atoms with Gasteiger partial charge in [-0.05, 0) is 53.2 Å². The SMILES string of the molecule is O=C(CCc1nnc(-c2cccc(C(F)(F)F)c2)o1)Oc1ccc2cc(Br)ccc2c1. The van der Waals surface area contributed by atoms with Crippen molar-refractivity contribution < 1.29 is 27.1 Å². The highest BCUT2D eigenvalue weighted by Crippen LogP contribution is 2.32. The molecule has 0 N–H and O–H groups in total. The van der Waals surface area contributed by atoms with Gasteiger partial charge in [0, 0.05) is 16.5 Å². The van der Waals surface area contributed by atoms with Crippen LogP contribution in [0.5, 0.6) is 5.75 Å². The molecule has 31 heavy (non-hydrogen) atoms. The van der Waals surface area contributed by atoms with Gasteiger partial charge in [-0.3, -0.25) is 4.79 Å². The van der Waals surface area contributed by atoms with Gasteiger partial charge in [-0.2, -0.15) is 13.2 Å². The summed E-state index contributed by atoms with van der Waals surface area (Å²) in [4.78, 5) is 12.2. The summed E-state index contributed by atoms with van der Waals surface area (Å²) < 4.78 is 50.3. The number of halogens is 4. The first-order chi connectivity index (χ1) is 14.8. The van der Waals surface area contributed by atoms with Gasteiger partial charge in [0.2, 0.25) is 11.8 Å². The van der Waals surface area contributed by atoms with Gasteiger partial charge >= 0.3 is 12.1 Å². The monoisotopic (exact) mass is 490 g/mol. The second-order valence-corrected chi connectivity index (χ2v) is 7.62. The van der Waals surface area contributed by atoms with Crippen molar-refractivity contribution in [1.29, 1.82) is 0 Å². The largest absolute Gasteiger partial charge is 0.426 e. The molecule has 4 rings (SSSR count). The highest BCUT2D eigenvalue weighted by Gasteiger charge is 2.30. The number of hydrogen-bond donors (Lipinski definition) is 0. The van der Waals surface area contributed by atoms with Crippen LogP contribution in [0, 0.1) is 0 Å². The summed E-state index contributed by atoms with van der Waals surface area (Å²) in [5, 5.41) is 9.50. The highest BCUT2D eigenvalue weighted by atomic mass is 79.9. The van der Waals surface area contributed by atoms with E-state index in [9.17, 15) is 18.0 Å². The number of hydrogen-bond acceptors (Lipinski definition) is 5. The van der Waals surface area contributed by atoms with Gasteiger partial charge in [0.15, 0.2) is 0 Å². The molecule has 0 amide bonds. The Bertz CT molecular complexity index is 1250. The molecule has 0 saturated carbocycles. The molecule has 1 aromatic heterocycles. The molecular weight excluding hydrogens is 477 g/mol. The molecule has 4 aromatic rings. The maximum absolute atomic E-state index is 12.9. The first-order valence-electron chi connectivity index (χ1n) is 9.18. The van der Waals surface area contributed by atoms with Crippen LogP contribution in [-0.2, 0) is 17.4 Å². The van der Waals surface area contributed by atoms with Gasteiger partial charge in [0.1, 0.15) is 5.75 Å². The fourth-order valence-corrected chi connectivity index (χ4v) is 3.33. The summed E-state index contributed by atoms with van der Waals surface area (Å²) in [6.07, 6.45) is -4.39.